The Bertz CT molecular complexity index is 470. The number of ether oxygens (including phenoxy) is 1. The monoisotopic (exact) mass is 277 g/mol. The third-order valence-electron chi connectivity index (χ3n) is 3.96. The van der Waals surface area contributed by atoms with Crippen molar-refractivity contribution in [2.24, 2.45) is 5.92 Å². The van der Waals surface area contributed by atoms with Crippen LogP contribution in [0.4, 0.5) is 11.5 Å². The molecule has 0 spiro atoms. The Morgan fingerprint density at radius 1 is 1.55 bits per heavy atom. The smallest absolute Gasteiger partial charge is 0.340 e. The number of hydrogen-bond acceptors (Lipinski definition) is 5. The predicted octanol–water partition coefficient (Wildman–Crippen LogP) is 2.83. The Balaban J connectivity index is 2.11. The Labute approximate surface area is 119 Å². The summed E-state index contributed by atoms with van der Waals surface area (Å²) in [6.45, 7) is 4.26. The van der Waals surface area contributed by atoms with E-state index >= 15 is 0 Å². The molecule has 5 nitrogen and oxygen atoms in total. The molecule has 0 radical (unpaired) electrons. The highest BCUT2D eigenvalue weighted by Gasteiger charge is 2.23. The highest BCUT2D eigenvalue weighted by Crippen LogP contribution is 2.30. The number of nitrogens with zero attached hydrogens (tertiary/aromatic N) is 1. The van der Waals surface area contributed by atoms with E-state index in [4.69, 9.17) is 10.5 Å². The fraction of sp³-hybridized carbons (Fsp3) is 0.600. The lowest BCUT2D eigenvalue weighted by atomic mass is 10.00. The number of nitrogens with one attached hydrogen (secondary N) is 1. The molecule has 110 valence electrons. The molecule has 0 bridgehead atoms. The number of pyridine rings is 1. The molecule has 1 saturated carbocycles. The number of nitrogen functional groups attached to an aromatic ring is 1. The maximum atomic E-state index is 11.8. The highest BCUT2D eigenvalue weighted by atomic mass is 16.5. The first kappa shape index (κ1) is 14.6. The van der Waals surface area contributed by atoms with E-state index in [0.29, 0.717) is 35.6 Å². The van der Waals surface area contributed by atoms with Crippen LogP contribution in [0.3, 0.4) is 0 Å². The molecule has 0 aromatic carbocycles. The summed E-state index contributed by atoms with van der Waals surface area (Å²) in [5.74, 6) is 0.835. The molecule has 1 aromatic heterocycles. The fourth-order valence-electron chi connectivity index (χ4n) is 2.77. The molecule has 5 heteroatoms. The molecule has 1 atom stereocenters. The van der Waals surface area contributed by atoms with Crippen LogP contribution in [0.15, 0.2) is 12.3 Å². The molecule has 0 saturated heterocycles. The average Bonchev–Trinajstić information content (AvgIpc) is 2.95. The number of rotatable bonds is 5. The number of carbonyl (C=O) groups is 1. The molecule has 0 aliphatic heterocycles. The van der Waals surface area contributed by atoms with Gasteiger partial charge in [-0.25, -0.2) is 9.78 Å². The number of anilines is 2. The topological polar surface area (TPSA) is 77.2 Å². The lowest BCUT2D eigenvalue weighted by Gasteiger charge is -2.22. The van der Waals surface area contributed by atoms with E-state index in [0.717, 1.165) is 0 Å². The van der Waals surface area contributed by atoms with Crippen molar-refractivity contribution in [3.63, 3.8) is 0 Å². The van der Waals surface area contributed by atoms with Crippen LogP contribution in [0.25, 0.3) is 0 Å². The van der Waals surface area contributed by atoms with Gasteiger partial charge in [0.15, 0.2) is 0 Å². The van der Waals surface area contributed by atoms with Gasteiger partial charge >= 0.3 is 5.97 Å². The van der Waals surface area contributed by atoms with Gasteiger partial charge in [-0.3, -0.25) is 0 Å². The molecule has 1 heterocycles. The predicted molar refractivity (Wildman–Crippen MR) is 79.6 cm³/mol. The first-order chi connectivity index (χ1) is 9.63. The average molecular weight is 277 g/mol. The van der Waals surface area contributed by atoms with Crippen molar-refractivity contribution >= 4 is 17.5 Å². The lowest BCUT2D eigenvalue weighted by Crippen LogP contribution is -2.25. The van der Waals surface area contributed by atoms with E-state index in [-0.39, 0.29) is 0 Å². The van der Waals surface area contributed by atoms with Gasteiger partial charge in [0.25, 0.3) is 0 Å². The van der Waals surface area contributed by atoms with Crippen molar-refractivity contribution in [1.29, 1.82) is 0 Å². The third-order valence-corrected chi connectivity index (χ3v) is 3.96. The number of aromatic nitrogens is 1. The number of nitrogens with two attached hydrogens (primary N) is 1. The van der Waals surface area contributed by atoms with Gasteiger partial charge in [-0.2, -0.15) is 0 Å². The normalized spacial score (nSPS) is 16.9. The lowest BCUT2D eigenvalue weighted by molar-refractivity contribution is 0.0527. The zero-order valence-corrected chi connectivity index (χ0v) is 12.2. The Kier molecular flexibility index (Phi) is 4.82. The Morgan fingerprint density at radius 3 is 2.90 bits per heavy atom. The molecule has 2 rings (SSSR count). The van der Waals surface area contributed by atoms with E-state index in [1.165, 1.54) is 25.7 Å². The van der Waals surface area contributed by atoms with Gasteiger partial charge in [0, 0.05) is 12.2 Å². The highest BCUT2D eigenvalue weighted by molar-refractivity contribution is 5.97. The van der Waals surface area contributed by atoms with Gasteiger partial charge < -0.3 is 15.8 Å². The second kappa shape index (κ2) is 6.59. The van der Waals surface area contributed by atoms with Gasteiger partial charge in [0.1, 0.15) is 5.82 Å². The summed E-state index contributed by atoms with van der Waals surface area (Å²) >= 11 is 0. The second-order valence-electron chi connectivity index (χ2n) is 5.32. The largest absolute Gasteiger partial charge is 0.462 e. The summed E-state index contributed by atoms with van der Waals surface area (Å²) in [6, 6.07) is 1.91. The number of esters is 1. The molecule has 1 aliphatic carbocycles. The summed E-state index contributed by atoms with van der Waals surface area (Å²) in [5.41, 5.74) is 6.78. The van der Waals surface area contributed by atoms with Crippen molar-refractivity contribution < 1.29 is 9.53 Å². The summed E-state index contributed by atoms with van der Waals surface area (Å²) in [7, 11) is 0. The van der Waals surface area contributed by atoms with Gasteiger partial charge in [-0.05, 0) is 38.7 Å². The minimum absolute atomic E-state index is 0.310. The molecule has 1 aliphatic rings. The first-order valence-electron chi connectivity index (χ1n) is 7.31. The quantitative estimate of drug-likeness (QED) is 0.809. The van der Waals surface area contributed by atoms with Crippen molar-refractivity contribution in [2.75, 3.05) is 17.7 Å². The number of hydrogen-bond donors (Lipinski definition) is 2. The SMILES string of the molecule is CCOC(=O)c1ccnc(NC(C)C2CCCC2)c1N. The molecule has 1 aromatic rings. The third kappa shape index (κ3) is 3.21. The minimum Gasteiger partial charge on any atom is -0.462 e. The maximum Gasteiger partial charge on any atom is 0.340 e. The van der Waals surface area contributed by atoms with Crippen molar-refractivity contribution in [1.82, 2.24) is 4.98 Å². The minimum atomic E-state index is -0.399. The van der Waals surface area contributed by atoms with Gasteiger partial charge in [0.05, 0.1) is 17.9 Å². The molecular weight excluding hydrogens is 254 g/mol. The van der Waals surface area contributed by atoms with E-state index in [2.05, 4.69) is 17.2 Å². The van der Waals surface area contributed by atoms with E-state index in [1.807, 2.05) is 0 Å². The summed E-state index contributed by atoms with van der Waals surface area (Å²) in [6.07, 6.45) is 6.66. The number of carbonyl (C=O) groups excluding carboxylic acids is 1. The molecule has 3 N–H and O–H groups in total. The first-order valence-corrected chi connectivity index (χ1v) is 7.31. The Hall–Kier alpha value is -1.78. The fourth-order valence-corrected chi connectivity index (χ4v) is 2.77. The second-order valence-corrected chi connectivity index (χ2v) is 5.32. The van der Waals surface area contributed by atoms with Gasteiger partial charge in [-0.1, -0.05) is 12.8 Å². The standard InChI is InChI=1S/C15H23N3O2/c1-3-20-15(19)12-8-9-17-14(13(12)16)18-10(2)11-6-4-5-7-11/h8-11H,3-7,16H2,1-2H3,(H,17,18). The van der Waals surface area contributed by atoms with Crippen molar-refractivity contribution in [2.45, 2.75) is 45.6 Å². The van der Waals surface area contributed by atoms with Crippen LogP contribution in [0.2, 0.25) is 0 Å². The van der Waals surface area contributed by atoms with Gasteiger partial charge in [0.2, 0.25) is 0 Å². The van der Waals surface area contributed by atoms with Crippen LogP contribution in [-0.2, 0) is 4.74 Å². The maximum absolute atomic E-state index is 11.8. The molecule has 0 amide bonds. The molecule has 20 heavy (non-hydrogen) atoms. The summed E-state index contributed by atoms with van der Waals surface area (Å²) in [4.78, 5) is 16.1. The van der Waals surface area contributed by atoms with E-state index < -0.39 is 5.97 Å². The van der Waals surface area contributed by atoms with Crippen molar-refractivity contribution in [3.8, 4) is 0 Å². The summed E-state index contributed by atoms with van der Waals surface area (Å²) < 4.78 is 4.99. The van der Waals surface area contributed by atoms with E-state index in [1.54, 1.807) is 19.2 Å². The van der Waals surface area contributed by atoms with Crippen molar-refractivity contribution in [3.05, 3.63) is 17.8 Å². The molecule has 1 unspecified atom stereocenters. The zero-order valence-electron chi connectivity index (χ0n) is 12.2. The van der Waals surface area contributed by atoms with Gasteiger partial charge in [-0.15, -0.1) is 0 Å². The summed E-state index contributed by atoms with van der Waals surface area (Å²) in [5, 5.41) is 3.35. The van der Waals surface area contributed by atoms with Crippen LogP contribution in [0.1, 0.15) is 49.9 Å². The Morgan fingerprint density at radius 2 is 2.25 bits per heavy atom. The zero-order chi connectivity index (χ0) is 14.5. The molecule has 1 fully saturated rings. The van der Waals surface area contributed by atoms with E-state index in [9.17, 15) is 4.79 Å². The van der Waals surface area contributed by atoms with Crippen LogP contribution >= 0.6 is 0 Å². The van der Waals surface area contributed by atoms with Crippen LogP contribution in [0.5, 0.6) is 0 Å². The van der Waals surface area contributed by atoms with Crippen LogP contribution in [0, 0.1) is 5.92 Å². The van der Waals surface area contributed by atoms with Crippen LogP contribution < -0.4 is 11.1 Å². The van der Waals surface area contributed by atoms with Crippen LogP contribution in [-0.4, -0.2) is 23.6 Å². The molecular formula is C15H23N3O2.